The van der Waals surface area contributed by atoms with Gasteiger partial charge in [0.1, 0.15) is 11.6 Å². The number of benzene rings is 1. The van der Waals surface area contributed by atoms with Gasteiger partial charge in [-0.25, -0.2) is 8.78 Å². The number of carbonyl (C=O) groups excluding carboxylic acids is 1. The van der Waals surface area contributed by atoms with Gasteiger partial charge >= 0.3 is 0 Å². The number of rotatable bonds is 7. The van der Waals surface area contributed by atoms with Gasteiger partial charge in [0.25, 0.3) is 0 Å². The van der Waals surface area contributed by atoms with E-state index in [2.05, 4.69) is 22.1 Å². The standard InChI is InChI=1S/C15H15F2N3OS3/c1-8(2)7-22-14-19-20-15(24-14)23-9(3)13(21)18-12-5-4-10(16)6-11(12)17/h4-6,9H,1,7H2,2-3H3,(H,18,21)/t9-/m0/s1. The van der Waals surface area contributed by atoms with Crippen molar-refractivity contribution >= 4 is 46.5 Å². The maximum Gasteiger partial charge on any atom is 0.237 e. The van der Waals surface area contributed by atoms with Crippen molar-refractivity contribution in [1.82, 2.24) is 10.2 Å². The highest BCUT2D eigenvalue weighted by atomic mass is 32.2. The van der Waals surface area contributed by atoms with Crippen molar-refractivity contribution in [2.45, 2.75) is 27.8 Å². The predicted octanol–water partition coefficient (Wildman–Crippen LogP) is 4.60. The van der Waals surface area contributed by atoms with E-state index < -0.39 is 22.8 Å². The molecule has 1 aromatic carbocycles. The van der Waals surface area contributed by atoms with Gasteiger partial charge in [0.05, 0.1) is 10.9 Å². The predicted molar refractivity (Wildman–Crippen MR) is 95.8 cm³/mol. The van der Waals surface area contributed by atoms with Crippen LogP contribution in [0.3, 0.4) is 0 Å². The number of thioether (sulfide) groups is 2. The third-order valence-electron chi connectivity index (χ3n) is 2.67. The van der Waals surface area contributed by atoms with Crippen LogP contribution in [-0.4, -0.2) is 27.1 Å². The van der Waals surface area contributed by atoms with Crippen molar-refractivity contribution in [3.8, 4) is 0 Å². The number of halogens is 2. The summed E-state index contributed by atoms with van der Waals surface area (Å²) in [6, 6.07) is 3.01. The summed E-state index contributed by atoms with van der Waals surface area (Å²) in [5.41, 5.74) is 0.988. The molecule has 0 aliphatic carbocycles. The highest BCUT2D eigenvalue weighted by Crippen LogP contribution is 2.32. The van der Waals surface area contributed by atoms with Crippen molar-refractivity contribution in [3.63, 3.8) is 0 Å². The van der Waals surface area contributed by atoms with Gasteiger partial charge in [-0.1, -0.05) is 47.0 Å². The second kappa shape index (κ2) is 8.59. The van der Waals surface area contributed by atoms with Gasteiger partial charge in [-0.2, -0.15) is 0 Å². The van der Waals surface area contributed by atoms with E-state index in [1.807, 2.05) is 6.92 Å². The number of carbonyl (C=O) groups is 1. The van der Waals surface area contributed by atoms with Crippen LogP contribution < -0.4 is 5.32 Å². The van der Waals surface area contributed by atoms with Gasteiger partial charge in [0.15, 0.2) is 8.68 Å². The lowest BCUT2D eigenvalue weighted by atomic mass is 10.3. The fraction of sp³-hybridized carbons (Fsp3) is 0.267. The van der Waals surface area contributed by atoms with E-state index in [0.29, 0.717) is 4.34 Å². The Bertz CT molecular complexity index is 751. The molecule has 0 bridgehead atoms. The van der Waals surface area contributed by atoms with Gasteiger partial charge in [-0.15, -0.1) is 10.2 Å². The molecule has 9 heteroatoms. The van der Waals surface area contributed by atoms with Crippen LogP contribution >= 0.6 is 34.9 Å². The number of amides is 1. The fourth-order valence-electron chi connectivity index (χ4n) is 1.52. The molecule has 1 atom stereocenters. The molecule has 128 valence electrons. The van der Waals surface area contributed by atoms with Crippen LogP contribution in [-0.2, 0) is 4.79 Å². The smallest absolute Gasteiger partial charge is 0.237 e. The number of hydrogen-bond acceptors (Lipinski definition) is 6. The Labute approximate surface area is 151 Å². The third kappa shape index (κ3) is 5.57. The topological polar surface area (TPSA) is 54.9 Å². The molecule has 4 nitrogen and oxygen atoms in total. The SMILES string of the molecule is C=C(C)CSc1nnc(S[C@@H](C)C(=O)Nc2ccc(F)cc2F)s1. The Morgan fingerprint density at radius 3 is 2.75 bits per heavy atom. The summed E-state index contributed by atoms with van der Waals surface area (Å²) in [4.78, 5) is 12.1. The lowest BCUT2D eigenvalue weighted by molar-refractivity contribution is -0.115. The molecular formula is C15H15F2N3OS3. The first-order valence-corrected chi connectivity index (χ1v) is 9.56. The van der Waals surface area contributed by atoms with Crippen LogP contribution in [0.5, 0.6) is 0 Å². The Balaban J connectivity index is 1.92. The van der Waals surface area contributed by atoms with Crippen molar-refractivity contribution in [2.75, 3.05) is 11.1 Å². The molecule has 2 aromatic rings. The molecule has 0 fully saturated rings. The Hall–Kier alpha value is -1.45. The maximum atomic E-state index is 13.6. The van der Waals surface area contributed by atoms with Crippen LogP contribution in [0, 0.1) is 11.6 Å². The monoisotopic (exact) mass is 387 g/mol. The summed E-state index contributed by atoms with van der Waals surface area (Å²) in [6.07, 6.45) is 0. The summed E-state index contributed by atoms with van der Waals surface area (Å²) in [5, 5.41) is 10.0. The summed E-state index contributed by atoms with van der Waals surface area (Å²) >= 11 is 4.16. The van der Waals surface area contributed by atoms with E-state index in [-0.39, 0.29) is 5.69 Å². The number of hydrogen-bond donors (Lipinski definition) is 1. The second-order valence-electron chi connectivity index (χ2n) is 4.95. The lowest BCUT2D eigenvalue weighted by Crippen LogP contribution is -2.22. The first-order valence-electron chi connectivity index (χ1n) is 6.88. The van der Waals surface area contributed by atoms with Crippen molar-refractivity contribution in [1.29, 1.82) is 0 Å². The zero-order valence-corrected chi connectivity index (χ0v) is 15.5. The molecule has 0 spiro atoms. The van der Waals surface area contributed by atoms with Crippen LogP contribution in [0.2, 0.25) is 0 Å². The fourth-order valence-corrected chi connectivity index (χ4v) is 4.53. The Morgan fingerprint density at radius 2 is 2.08 bits per heavy atom. The van der Waals surface area contributed by atoms with E-state index >= 15 is 0 Å². The van der Waals surface area contributed by atoms with Crippen molar-refractivity contribution < 1.29 is 13.6 Å². The van der Waals surface area contributed by atoms with E-state index in [9.17, 15) is 13.6 Å². The van der Waals surface area contributed by atoms with E-state index in [0.717, 1.165) is 27.8 Å². The molecule has 1 heterocycles. The number of nitrogens with zero attached hydrogens (tertiary/aromatic N) is 2. The largest absolute Gasteiger partial charge is 0.323 e. The van der Waals surface area contributed by atoms with Gasteiger partial charge < -0.3 is 5.32 Å². The van der Waals surface area contributed by atoms with Crippen LogP contribution in [0.1, 0.15) is 13.8 Å². The van der Waals surface area contributed by atoms with Gasteiger partial charge in [0.2, 0.25) is 5.91 Å². The third-order valence-corrected chi connectivity index (χ3v) is 6.14. The quantitative estimate of drug-likeness (QED) is 0.556. The van der Waals surface area contributed by atoms with Crippen molar-refractivity contribution in [3.05, 3.63) is 42.0 Å². The molecule has 0 unspecified atom stereocenters. The van der Waals surface area contributed by atoms with Gasteiger partial charge in [-0.3, -0.25) is 4.79 Å². The average Bonchev–Trinajstić information content (AvgIpc) is 2.95. The molecule has 1 aromatic heterocycles. The van der Waals surface area contributed by atoms with E-state index in [4.69, 9.17) is 0 Å². The van der Waals surface area contributed by atoms with Crippen LogP contribution in [0.25, 0.3) is 0 Å². The van der Waals surface area contributed by atoms with Gasteiger partial charge in [-0.05, 0) is 26.0 Å². The summed E-state index contributed by atoms with van der Waals surface area (Å²) < 4.78 is 27.9. The summed E-state index contributed by atoms with van der Waals surface area (Å²) in [5.74, 6) is -1.13. The van der Waals surface area contributed by atoms with Crippen LogP contribution in [0.4, 0.5) is 14.5 Å². The Kier molecular flexibility index (Phi) is 6.76. The van der Waals surface area contributed by atoms with E-state index in [1.54, 1.807) is 6.92 Å². The minimum Gasteiger partial charge on any atom is -0.323 e. The lowest BCUT2D eigenvalue weighted by Gasteiger charge is -2.10. The van der Waals surface area contributed by atoms with Crippen LogP contribution in [0.15, 0.2) is 39.0 Å². The average molecular weight is 388 g/mol. The normalized spacial score (nSPS) is 12.0. The zero-order chi connectivity index (χ0) is 17.7. The highest BCUT2D eigenvalue weighted by molar-refractivity contribution is 8.04. The van der Waals surface area contributed by atoms with Crippen molar-refractivity contribution in [2.24, 2.45) is 0 Å². The molecule has 2 rings (SSSR count). The number of anilines is 1. The molecule has 1 N–H and O–H groups in total. The molecule has 0 radical (unpaired) electrons. The minimum atomic E-state index is -0.810. The highest BCUT2D eigenvalue weighted by Gasteiger charge is 2.18. The van der Waals surface area contributed by atoms with Gasteiger partial charge in [0, 0.05) is 11.8 Å². The first kappa shape index (κ1) is 18.9. The minimum absolute atomic E-state index is 0.0520. The number of nitrogens with one attached hydrogen (secondary N) is 1. The first-order chi connectivity index (χ1) is 11.3. The Morgan fingerprint density at radius 1 is 1.38 bits per heavy atom. The van der Waals surface area contributed by atoms with E-state index in [1.165, 1.54) is 40.9 Å². The maximum absolute atomic E-state index is 13.6. The molecule has 0 saturated heterocycles. The second-order valence-corrected chi connectivity index (χ2v) is 8.74. The summed E-state index contributed by atoms with van der Waals surface area (Å²) in [7, 11) is 0. The zero-order valence-electron chi connectivity index (χ0n) is 13.0. The molecular weight excluding hydrogens is 372 g/mol. The molecule has 0 aliphatic rings. The molecule has 0 aliphatic heterocycles. The molecule has 24 heavy (non-hydrogen) atoms. The number of aromatic nitrogens is 2. The summed E-state index contributed by atoms with van der Waals surface area (Å²) in [6.45, 7) is 7.44. The molecule has 1 amide bonds. The molecule has 0 saturated carbocycles.